The quantitative estimate of drug-likeness (QED) is 0.189. The average molecular weight is 486 g/mol. The maximum atomic E-state index is 13.8. The normalized spacial score (nSPS) is 14.7. The number of piperidine rings is 1. The smallest absolute Gasteiger partial charge is 0.313 e. The van der Waals surface area contributed by atoms with E-state index in [2.05, 4.69) is 5.10 Å². The highest BCUT2D eigenvalue weighted by Gasteiger charge is 2.28. The molecule has 2 N–H and O–H groups in total. The van der Waals surface area contributed by atoms with Gasteiger partial charge < -0.3 is 20.2 Å². The van der Waals surface area contributed by atoms with Crippen LogP contribution in [0.1, 0.15) is 49.1 Å². The third kappa shape index (κ3) is 5.67. The van der Waals surface area contributed by atoms with E-state index in [1.807, 2.05) is 4.90 Å². The Morgan fingerprint density at radius 1 is 1.24 bits per heavy atom. The number of ether oxygens (including phenoxy) is 1. The number of carbonyl (C=O) groups excluding carboxylic acids is 2. The number of alkyl halides is 4. The molecule has 2 aromatic rings. The first-order valence-electron chi connectivity index (χ1n) is 10.1. The predicted octanol–water partition coefficient (Wildman–Crippen LogP) is 3.88. The topological polar surface area (TPSA) is 90.5 Å². The second kappa shape index (κ2) is 10.7. The van der Waals surface area contributed by atoms with Crippen molar-refractivity contribution in [1.82, 2.24) is 9.78 Å². The zero-order valence-corrected chi connectivity index (χ0v) is 18.2. The van der Waals surface area contributed by atoms with Crippen LogP contribution in [0.2, 0.25) is 0 Å². The van der Waals surface area contributed by atoms with E-state index in [0.29, 0.717) is 49.0 Å². The van der Waals surface area contributed by atoms with Gasteiger partial charge in [-0.25, -0.2) is 22.2 Å². The number of halogens is 4. The van der Waals surface area contributed by atoms with Crippen molar-refractivity contribution in [2.75, 3.05) is 18.0 Å². The Balaban J connectivity index is 2.08. The molecule has 0 bridgehead atoms. The molecule has 1 aliphatic heterocycles. The third-order valence-corrected chi connectivity index (χ3v) is 5.72. The molecule has 0 amide bonds. The summed E-state index contributed by atoms with van der Waals surface area (Å²) in [5.41, 5.74) is 5.08. The fourth-order valence-corrected chi connectivity index (χ4v) is 3.98. The van der Waals surface area contributed by atoms with Gasteiger partial charge in [-0.3, -0.25) is 4.79 Å². The van der Waals surface area contributed by atoms with Crippen molar-refractivity contribution in [3.63, 3.8) is 0 Å². The van der Waals surface area contributed by atoms with Crippen molar-refractivity contribution < 1.29 is 31.9 Å². The molecule has 1 fully saturated rings. The summed E-state index contributed by atoms with van der Waals surface area (Å²) < 4.78 is 60.0. The minimum atomic E-state index is -3.08. The van der Waals surface area contributed by atoms with Gasteiger partial charge in [-0.1, -0.05) is 24.4 Å². The number of rotatable bonds is 9. The van der Waals surface area contributed by atoms with Crippen molar-refractivity contribution in [3.8, 4) is 5.69 Å². The number of esters is 1. The molecule has 0 spiro atoms. The van der Waals surface area contributed by atoms with Gasteiger partial charge in [0.2, 0.25) is 0 Å². The number of hydrogen-bond acceptors (Lipinski definition) is 6. The van der Waals surface area contributed by atoms with Gasteiger partial charge in [-0.15, -0.1) is 0 Å². The van der Waals surface area contributed by atoms with Crippen LogP contribution in [0.15, 0.2) is 24.3 Å². The Kier molecular flexibility index (Phi) is 8.01. The number of nitrogens with zero attached hydrogens (tertiary/aromatic N) is 3. The highest BCUT2D eigenvalue weighted by atomic mass is 32.1. The molecule has 0 saturated carbocycles. The van der Waals surface area contributed by atoms with E-state index < -0.39 is 36.6 Å². The Morgan fingerprint density at radius 3 is 2.52 bits per heavy atom. The Labute approximate surface area is 192 Å². The monoisotopic (exact) mass is 486 g/mol. The summed E-state index contributed by atoms with van der Waals surface area (Å²) in [6, 6.07) is 5.48. The van der Waals surface area contributed by atoms with Gasteiger partial charge in [-0.05, 0) is 25.0 Å². The maximum absolute atomic E-state index is 13.8. The van der Waals surface area contributed by atoms with Crippen LogP contribution in [-0.4, -0.2) is 40.1 Å². The summed E-state index contributed by atoms with van der Waals surface area (Å²) in [5, 5.41) is 3.75. The Bertz CT molecular complexity index is 1020. The summed E-state index contributed by atoms with van der Waals surface area (Å²) in [4.78, 5) is 24.5. The fourth-order valence-electron chi connectivity index (χ4n) is 3.74. The van der Waals surface area contributed by atoms with Crippen LogP contribution < -0.4 is 10.6 Å². The fraction of sp³-hybridized carbons (Fsp3) is 0.429. The van der Waals surface area contributed by atoms with Crippen LogP contribution in [0.4, 0.5) is 23.2 Å². The number of carbonyl (C=O) groups is 2. The lowest BCUT2D eigenvalue weighted by Crippen LogP contribution is -2.38. The summed E-state index contributed by atoms with van der Waals surface area (Å²) in [6.45, 7) is 0.637. The highest BCUT2D eigenvalue weighted by molar-refractivity contribution is 7.80. The van der Waals surface area contributed by atoms with Crippen molar-refractivity contribution in [1.29, 1.82) is 0 Å². The minimum absolute atomic E-state index is 0.0407. The maximum Gasteiger partial charge on any atom is 0.313 e. The van der Waals surface area contributed by atoms with Gasteiger partial charge in [0.05, 0.1) is 16.4 Å². The molecular weight excluding hydrogens is 464 g/mol. The predicted molar refractivity (Wildman–Crippen MR) is 116 cm³/mol. The SMILES string of the molecule is NC(=S)C1CCN(c2cccc(COC(=O)CC=O)c2-n2nc(C(F)F)cc2C(F)F)CC1. The molecule has 7 nitrogen and oxygen atoms in total. The number of hydrogen-bond donors (Lipinski definition) is 1. The van der Waals surface area contributed by atoms with E-state index in [-0.39, 0.29) is 23.8 Å². The molecule has 0 atom stereocenters. The van der Waals surface area contributed by atoms with E-state index in [9.17, 15) is 27.2 Å². The first kappa shape index (κ1) is 24.6. The van der Waals surface area contributed by atoms with E-state index in [1.54, 1.807) is 12.1 Å². The van der Waals surface area contributed by atoms with Crippen molar-refractivity contribution in [2.45, 2.75) is 38.7 Å². The van der Waals surface area contributed by atoms with Crippen LogP contribution in [0.5, 0.6) is 0 Å². The standard InChI is InChI=1S/C21H22F4N4O3S/c22-19(23)14-10-16(20(24)25)29(27-14)18-13(11-32-17(31)6-9-30)2-1-3-15(18)28-7-4-12(5-8-28)21(26)33/h1-3,9-10,12,19-20H,4-8,11H2,(H2,26,33). The highest BCUT2D eigenvalue weighted by Crippen LogP contribution is 2.36. The molecule has 1 saturated heterocycles. The first-order chi connectivity index (χ1) is 15.7. The molecule has 2 heterocycles. The number of nitrogens with two attached hydrogens (primary N) is 1. The van der Waals surface area contributed by atoms with Crippen LogP contribution in [0, 0.1) is 5.92 Å². The van der Waals surface area contributed by atoms with Crippen LogP contribution in [0.25, 0.3) is 5.69 Å². The zero-order chi connectivity index (χ0) is 24.1. The molecule has 0 unspecified atom stereocenters. The van der Waals surface area contributed by atoms with Gasteiger partial charge >= 0.3 is 5.97 Å². The Morgan fingerprint density at radius 2 is 1.94 bits per heavy atom. The number of anilines is 1. The first-order valence-corrected chi connectivity index (χ1v) is 10.6. The van der Waals surface area contributed by atoms with E-state index in [4.69, 9.17) is 22.7 Å². The van der Waals surface area contributed by atoms with Crippen molar-refractivity contribution in [3.05, 3.63) is 41.2 Å². The lowest BCUT2D eigenvalue weighted by Gasteiger charge is -2.35. The van der Waals surface area contributed by atoms with Crippen LogP contribution in [0.3, 0.4) is 0 Å². The van der Waals surface area contributed by atoms with Gasteiger partial charge in [0.15, 0.2) is 0 Å². The molecule has 12 heteroatoms. The molecule has 1 aromatic carbocycles. The summed E-state index contributed by atoms with van der Waals surface area (Å²) in [6.07, 6.45) is -4.95. The van der Waals surface area contributed by atoms with Crippen molar-refractivity contribution in [2.24, 2.45) is 11.7 Å². The molecular formula is C21H22F4N4O3S. The molecule has 3 rings (SSSR count). The second-order valence-corrected chi connectivity index (χ2v) is 7.96. The molecule has 33 heavy (non-hydrogen) atoms. The number of thiocarbonyl (C=S) groups is 1. The van der Waals surface area contributed by atoms with Crippen LogP contribution in [-0.2, 0) is 20.9 Å². The number of aromatic nitrogens is 2. The largest absolute Gasteiger partial charge is 0.460 e. The number of para-hydroxylation sites is 1. The summed E-state index contributed by atoms with van der Waals surface area (Å²) in [7, 11) is 0. The Hall–Kier alpha value is -3.02. The van der Waals surface area contributed by atoms with Gasteiger partial charge in [0.1, 0.15) is 30.7 Å². The van der Waals surface area contributed by atoms with Gasteiger partial charge in [0.25, 0.3) is 12.9 Å². The molecule has 1 aromatic heterocycles. The van der Waals surface area contributed by atoms with Crippen LogP contribution >= 0.6 is 12.2 Å². The number of aldehydes is 1. The van der Waals surface area contributed by atoms with Gasteiger partial charge in [-0.2, -0.15) is 5.10 Å². The minimum Gasteiger partial charge on any atom is -0.460 e. The lowest BCUT2D eigenvalue weighted by atomic mass is 9.96. The second-order valence-electron chi connectivity index (χ2n) is 7.49. The van der Waals surface area contributed by atoms with E-state index >= 15 is 0 Å². The lowest BCUT2D eigenvalue weighted by molar-refractivity contribution is -0.145. The van der Waals surface area contributed by atoms with Gasteiger partial charge in [0, 0.05) is 24.6 Å². The van der Waals surface area contributed by atoms with E-state index in [1.165, 1.54) is 6.07 Å². The molecule has 1 aliphatic rings. The van der Waals surface area contributed by atoms with Crippen molar-refractivity contribution >= 4 is 35.1 Å². The molecule has 0 aliphatic carbocycles. The summed E-state index contributed by atoms with van der Waals surface area (Å²) in [5.74, 6) is -0.764. The zero-order valence-electron chi connectivity index (χ0n) is 17.4. The van der Waals surface area contributed by atoms with E-state index in [0.717, 1.165) is 4.68 Å². The third-order valence-electron chi connectivity index (χ3n) is 5.39. The average Bonchev–Trinajstić information content (AvgIpc) is 3.23. The molecule has 178 valence electrons. The number of benzene rings is 1. The summed E-state index contributed by atoms with van der Waals surface area (Å²) >= 11 is 5.06. The molecule has 0 radical (unpaired) electrons.